The van der Waals surface area contributed by atoms with Gasteiger partial charge in [0.1, 0.15) is 13.2 Å². The summed E-state index contributed by atoms with van der Waals surface area (Å²) in [5.74, 6) is 1.72. The molecule has 0 spiro atoms. The minimum Gasteiger partial charge on any atom is -0.484 e. The van der Waals surface area contributed by atoms with E-state index in [-0.39, 0.29) is 5.69 Å². The number of ether oxygens (including phenoxy) is 3. The summed E-state index contributed by atoms with van der Waals surface area (Å²) in [5, 5.41) is 0. The van der Waals surface area contributed by atoms with Crippen molar-refractivity contribution in [1.29, 1.82) is 0 Å². The number of hydrogen-bond acceptors (Lipinski definition) is 6. The van der Waals surface area contributed by atoms with Crippen LogP contribution in [-0.2, 0) is 13.0 Å². The van der Waals surface area contributed by atoms with Crippen LogP contribution in [0, 0.1) is 0 Å². The van der Waals surface area contributed by atoms with Crippen LogP contribution >= 0.6 is 0 Å². The van der Waals surface area contributed by atoms with Crippen LogP contribution in [0.25, 0.3) is 11.3 Å². The van der Waals surface area contributed by atoms with Crippen LogP contribution in [0.1, 0.15) is 5.56 Å². The highest BCUT2D eigenvalue weighted by molar-refractivity contribution is 5.66. The Morgan fingerprint density at radius 1 is 1.11 bits per heavy atom. The molecule has 2 aliphatic heterocycles. The SMILES string of the molecule is COc1cc2n(c(=O)n1)CCc1ccccc1-2.c1cnc2c(c1)OCCO2. The Kier molecular flexibility index (Phi) is 4.74. The molecule has 3 aromatic rings. The maximum absolute atomic E-state index is 11.8. The topological polar surface area (TPSA) is 75.5 Å². The number of methoxy groups -OCH3 is 1. The van der Waals surface area contributed by atoms with E-state index < -0.39 is 0 Å². The molecule has 0 N–H and O–H groups in total. The first-order chi connectivity index (χ1) is 13.3. The van der Waals surface area contributed by atoms with E-state index in [1.807, 2.05) is 36.4 Å². The zero-order valence-electron chi connectivity index (χ0n) is 14.9. The second-order valence-electron chi connectivity index (χ2n) is 6.03. The molecule has 0 aliphatic carbocycles. The van der Waals surface area contributed by atoms with E-state index in [9.17, 15) is 4.79 Å². The van der Waals surface area contributed by atoms with Gasteiger partial charge in [-0.15, -0.1) is 0 Å². The number of rotatable bonds is 1. The van der Waals surface area contributed by atoms with E-state index in [0.717, 1.165) is 23.4 Å². The summed E-state index contributed by atoms with van der Waals surface area (Å²) in [6, 6.07) is 13.6. The maximum Gasteiger partial charge on any atom is 0.351 e. The summed E-state index contributed by atoms with van der Waals surface area (Å²) >= 11 is 0. The first-order valence-electron chi connectivity index (χ1n) is 8.71. The number of benzene rings is 1. The molecule has 2 aliphatic rings. The van der Waals surface area contributed by atoms with Crippen molar-refractivity contribution in [3.05, 3.63) is 64.7 Å². The van der Waals surface area contributed by atoms with Crippen LogP contribution in [0.3, 0.4) is 0 Å². The van der Waals surface area contributed by atoms with Crippen molar-refractivity contribution in [3.8, 4) is 28.8 Å². The van der Waals surface area contributed by atoms with Gasteiger partial charge in [-0.3, -0.25) is 4.57 Å². The van der Waals surface area contributed by atoms with Gasteiger partial charge >= 0.3 is 5.69 Å². The van der Waals surface area contributed by atoms with Gasteiger partial charge < -0.3 is 14.2 Å². The van der Waals surface area contributed by atoms with Crippen LogP contribution in [0.2, 0.25) is 0 Å². The van der Waals surface area contributed by atoms with E-state index in [1.165, 1.54) is 12.7 Å². The number of nitrogens with zero attached hydrogens (tertiary/aromatic N) is 3. The zero-order valence-corrected chi connectivity index (χ0v) is 14.9. The van der Waals surface area contributed by atoms with E-state index in [1.54, 1.807) is 10.8 Å². The highest BCUT2D eigenvalue weighted by Gasteiger charge is 2.18. The molecule has 2 aromatic heterocycles. The van der Waals surface area contributed by atoms with E-state index in [4.69, 9.17) is 14.2 Å². The summed E-state index contributed by atoms with van der Waals surface area (Å²) < 4.78 is 17.2. The van der Waals surface area contributed by atoms with Gasteiger partial charge in [0.15, 0.2) is 5.75 Å². The van der Waals surface area contributed by atoms with Gasteiger partial charge in [-0.2, -0.15) is 4.98 Å². The summed E-state index contributed by atoms with van der Waals surface area (Å²) in [5.41, 5.74) is 3.01. The molecule has 0 saturated carbocycles. The van der Waals surface area contributed by atoms with Crippen molar-refractivity contribution < 1.29 is 14.2 Å². The average molecular weight is 365 g/mol. The zero-order chi connectivity index (χ0) is 18.6. The van der Waals surface area contributed by atoms with Gasteiger partial charge in [0, 0.05) is 24.4 Å². The third-order valence-electron chi connectivity index (χ3n) is 4.41. The third-order valence-corrected chi connectivity index (χ3v) is 4.41. The molecule has 4 heterocycles. The second-order valence-corrected chi connectivity index (χ2v) is 6.03. The van der Waals surface area contributed by atoms with Crippen molar-refractivity contribution in [1.82, 2.24) is 14.5 Å². The predicted octanol–water partition coefficient (Wildman–Crippen LogP) is 2.33. The average Bonchev–Trinajstić information content (AvgIpc) is 2.74. The molecule has 138 valence electrons. The van der Waals surface area contributed by atoms with Gasteiger partial charge in [0.05, 0.1) is 12.8 Å². The Bertz CT molecular complexity index is 991. The number of pyridine rings is 1. The van der Waals surface area contributed by atoms with Gasteiger partial charge in [0.2, 0.25) is 5.88 Å². The fourth-order valence-electron chi connectivity index (χ4n) is 3.13. The molecule has 1 aromatic carbocycles. The molecule has 5 rings (SSSR count). The Hall–Kier alpha value is -3.35. The van der Waals surface area contributed by atoms with Crippen molar-refractivity contribution in [2.24, 2.45) is 0 Å². The number of aromatic nitrogens is 3. The fourth-order valence-corrected chi connectivity index (χ4v) is 3.13. The number of aryl methyl sites for hydroxylation is 1. The molecule has 27 heavy (non-hydrogen) atoms. The largest absolute Gasteiger partial charge is 0.484 e. The smallest absolute Gasteiger partial charge is 0.351 e. The lowest BCUT2D eigenvalue weighted by Gasteiger charge is -2.21. The number of hydrogen-bond donors (Lipinski definition) is 0. The minimum absolute atomic E-state index is 0.242. The van der Waals surface area contributed by atoms with E-state index >= 15 is 0 Å². The molecule has 0 fully saturated rings. The van der Waals surface area contributed by atoms with Gasteiger partial charge in [-0.1, -0.05) is 24.3 Å². The lowest BCUT2D eigenvalue weighted by Crippen LogP contribution is -2.28. The van der Waals surface area contributed by atoms with E-state index in [2.05, 4.69) is 16.0 Å². The van der Waals surface area contributed by atoms with E-state index in [0.29, 0.717) is 31.5 Å². The van der Waals surface area contributed by atoms with Gasteiger partial charge in [0.25, 0.3) is 5.88 Å². The van der Waals surface area contributed by atoms with Gasteiger partial charge in [-0.25, -0.2) is 9.78 Å². The Morgan fingerprint density at radius 2 is 1.96 bits per heavy atom. The Labute approximate surface area is 156 Å². The Balaban J connectivity index is 0.000000153. The molecule has 7 nitrogen and oxygen atoms in total. The fraction of sp³-hybridized carbons (Fsp3) is 0.250. The summed E-state index contributed by atoms with van der Waals surface area (Å²) in [4.78, 5) is 19.7. The normalized spacial score (nSPS) is 13.5. The maximum atomic E-state index is 11.8. The summed E-state index contributed by atoms with van der Waals surface area (Å²) in [6.45, 7) is 1.91. The lowest BCUT2D eigenvalue weighted by molar-refractivity contribution is 0.164. The van der Waals surface area contributed by atoms with Crippen LogP contribution in [0.5, 0.6) is 17.5 Å². The molecule has 0 saturated heterocycles. The van der Waals surface area contributed by atoms with Crippen molar-refractivity contribution >= 4 is 0 Å². The molecule has 7 heteroatoms. The summed E-state index contributed by atoms with van der Waals surface area (Å²) in [7, 11) is 1.52. The molecule has 0 unspecified atom stereocenters. The minimum atomic E-state index is -0.242. The van der Waals surface area contributed by atoms with Crippen LogP contribution in [-0.4, -0.2) is 34.9 Å². The van der Waals surface area contributed by atoms with Crippen molar-refractivity contribution in [2.75, 3.05) is 20.3 Å². The van der Waals surface area contributed by atoms with Crippen LogP contribution < -0.4 is 19.9 Å². The highest BCUT2D eigenvalue weighted by Crippen LogP contribution is 2.29. The monoisotopic (exact) mass is 365 g/mol. The first-order valence-corrected chi connectivity index (χ1v) is 8.71. The third kappa shape index (κ3) is 3.48. The van der Waals surface area contributed by atoms with Crippen molar-refractivity contribution in [3.63, 3.8) is 0 Å². The second kappa shape index (κ2) is 7.49. The molecule has 0 radical (unpaired) electrons. The van der Waals surface area contributed by atoms with Crippen molar-refractivity contribution in [2.45, 2.75) is 13.0 Å². The lowest BCUT2D eigenvalue weighted by atomic mass is 9.98. The predicted molar refractivity (Wildman–Crippen MR) is 99.4 cm³/mol. The first kappa shape index (κ1) is 17.1. The highest BCUT2D eigenvalue weighted by atomic mass is 16.6. The molecular formula is C20H19N3O4. The molecule has 0 atom stereocenters. The van der Waals surface area contributed by atoms with Crippen LogP contribution in [0.4, 0.5) is 0 Å². The quantitative estimate of drug-likeness (QED) is 0.659. The molecule has 0 amide bonds. The van der Waals surface area contributed by atoms with Crippen LogP contribution in [0.15, 0.2) is 53.5 Å². The Morgan fingerprint density at radius 3 is 2.81 bits per heavy atom. The summed E-state index contributed by atoms with van der Waals surface area (Å²) in [6.07, 6.45) is 2.56. The standard InChI is InChI=1S/C13H12N2O2.C7H7NO2/c1-17-12-8-11-10-5-3-2-4-9(10)6-7-15(11)13(16)14-12;1-2-6-7(8-3-1)10-5-4-9-6/h2-5,8H,6-7H2,1H3;1-3H,4-5H2. The van der Waals surface area contributed by atoms with Gasteiger partial charge in [-0.05, 0) is 24.1 Å². The molecule has 0 bridgehead atoms. The number of fused-ring (bicyclic) bond motifs is 4. The molecular weight excluding hydrogens is 346 g/mol.